The molecule has 0 bridgehead atoms. The van der Waals surface area contributed by atoms with E-state index in [9.17, 15) is 4.79 Å². The summed E-state index contributed by atoms with van der Waals surface area (Å²) in [5, 5.41) is 1.56. The van der Waals surface area contributed by atoms with Crippen molar-refractivity contribution in [2.45, 2.75) is 5.38 Å². The number of aromatic nitrogens is 1. The zero-order valence-electron chi connectivity index (χ0n) is 5.78. The summed E-state index contributed by atoms with van der Waals surface area (Å²) in [5.41, 5.74) is 0. The van der Waals surface area contributed by atoms with Crippen LogP contribution in [0.2, 0.25) is 0 Å². The first kappa shape index (κ1) is 8.49. The molecule has 0 saturated carbocycles. The van der Waals surface area contributed by atoms with Gasteiger partial charge in [0.2, 0.25) is 0 Å². The van der Waals surface area contributed by atoms with Crippen LogP contribution < -0.4 is 0 Å². The van der Waals surface area contributed by atoms with Crippen molar-refractivity contribution in [3.63, 3.8) is 0 Å². The van der Waals surface area contributed by atoms with Gasteiger partial charge >= 0.3 is 5.97 Å². The lowest BCUT2D eigenvalue weighted by atomic mass is 10.4. The Morgan fingerprint density at radius 3 is 3.09 bits per heavy atom. The van der Waals surface area contributed by atoms with Crippen LogP contribution in [0.3, 0.4) is 0 Å². The van der Waals surface area contributed by atoms with E-state index in [1.807, 2.05) is 0 Å². The molecule has 1 aromatic rings. The molecule has 11 heavy (non-hydrogen) atoms. The van der Waals surface area contributed by atoms with Crippen LogP contribution in [0.4, 0.5) is 0 Å². The fraction of sp³-hybridized carbons (Fsp3) is 0.333. The number of alkyl halides is 1. The van der Waals surface area contributed by atoms with Gasteiger partial charge in [0.25, 0.3) is 0 Å². The molecule has 60 valence electrons. The van der Waals surface area contributed by atoms with E-state index in [1.165, 1.54) is 18.4 Å². The second-order valence-corrected chi connectivity index (χ2v) is 3.12. The standard InChI is InChI=1S/C6H6ClNO2S/c1-10-6(9)4(7)5-8-2-3-11-5/h2-4H,1H3. The molecule has 1 heterocycles. The first-order valence-electron chi connectivity index (χ1n) is 2.87. The van der Waals surface area contributed by atoms with E-state index < -0.39 is 11.3 Å². The normalized spacial score (nSPS) is 12.5. The maximum atomic E-state index is 10.8. The van der Waals surface area contributed by atoms with Crippen molar-refractivity contribution in [2.24, 2.45) is 0 Å². The topological polar surface area (TPSA) is 39.2 Å². The number of hydrogen-bond donors (Lipinski definition) is 0. The van der Waals surface area contributed by atoms with Gasteiger partial charge in [-0.05, 0) is 0 Å². The Bertz CT molecular complexity index is 237. The second kappa shape index (κ2) is 3.69. The average Bonchev–Trinajstić information content (AvgIpc) is 2.53. The van der Waals surface area contributed by atoms with Crippen molar-refractivity contribution in [1.29, 1.82) is 0 Å². The number of halogens is 1. The highest BCUT2D eigenvalue weighted by Gasteiger charge is 2.19. The summed E-state index contributed by atoms with van der Waals surface area (Å²) < 4.78 is 4.43. The smallest absolute Gasteiger partial charge is 0.330 e. The van der Waals surface area contributed by atoms with Crippen molar-refractivity contribution in [3.8, 4) is 0 Å². The van der Waals surface area contributed by atoms with E-state index in [2.05, 4.69) is 9.72 Å². The van der Waals surface area contributed by atoms with E-state index in [-0.39, 0.29) is 0 Å². The van der Waals surface area contributed by atoms with Crippen molar-refractivity contribution in [2.75, 3.05) is 7.11 Å². The molecule has 0 saturated heterocycles. The summed E-state index contributed by atoms with van der Waals surface area (Å²) in [4.78, 5) is 14.7. The third-order valence-electron chi connectivity index (χ3n) is 1.08. The van der Waals surface area contributed by atoms with Gasteiger partial charge in [0, 0.05) is 11.6 Å². The van der Waals surface area contributed by atoms with Gasteiger partial charge in [-0.25, -0.2) is 4.98 Å². The Labute approximate surface area is 73.0 Å². The number of rotatable bonds is 2. The number of carbonyl (C=O) groups excluding carboxylic acids is 1. The third kappa shape index (κ3) is 1.91. The van der Waals surface area contributed by atoms with Crippen molar-refractivity contribution in [1.82, 2.24) is 4.98 Å². The molecule has 1 atom stereocenters. The number of carbonyl (C=O) groups is 1. The Morgan fingerprint density at radius 1 is 1.91 bits per heavy atom. The van der Waals surface area contributed by atoms with Gasteiger partial charge < -0.3 is 4.74 Å². The maximum absolute atomic E-state index is 10.8. The summed E-state index contributed by atoms with van der Waals surface area (Å²) in [7, 11) is 1.30. The van der Waals surface area contributed by atoms with Crippen LogP contribution in [0.5, 0.6) is 0 Å². The number of hydrogen-bond acceptors (Lipinski definition) is 4. The second-order valence-electron chi connectivity index (χ2n) is 1.76. The highest BCUT2D eigenvalue weighted by Crippen LogP contribution is 2.23. The van der Waals surface area contributed by atoms with Gasteiger partial charge in [-0.15, -0.1) is 22.9 Å². The lowest BCUT2D eigenvalue weighted by Gasteiger charge is -2.01. The molecule has 1 aromatic heterocycles. The molecule has 5 heteroatoms. The molecule has 1 unspecified atom stereocenters. The van der Waals surface area contributed by atoms with Gasteiger partial charge in [-0.1, -0.05) is 0 Å². The summed E-state index contributed by atoms with van der Waals surface area (Å²) in [6.45, 7) is 0. The molecule has 0 amide bonds. The number of thiazole rings is 1. The van der Waals surface area contributed by atoms with E-state index in [0.29, 0.717) is 5.01 Å². The van der Waals surface area contributed by atoms with Gasteiger partial charge in [0.05, 0.1) is 7.11 Å². The number of ether oxygens (including phenoxy) is 1. The lowest BCUT2D eigenvalue weighted by Crippen LogP contribution is -2.07. The Balaban J connectivity index is 2.70. The quantitative estimate of drug-likeness (QED) is 0.527. The molecule has 3 nitrogen and oxygen atoms in total. The van der Waals surface area contributed by atoms with E-state index in [1.54, 1.807) is 11.6 Å². The summed E-state index contributed by atoms with van der Waals surface area (Å²) in [6, 6.07) is 0. The predicted molar refractivity (Wildman–Crippen MR) is 42.7 cm³/mol. The Hall–Kier alpha value is -0.610. The molecule has 0 spiro atoms. The molecule has 1 rings (SSSR count). The number of nitrogens with zero attached hydrogens (tertiary/aromatic N) is 1. The molecule has 0 fully saturated rings. The van der Waals surface area contributed by atoms with Gasteiger partial charge in [0.1, 0.15) is 5.01 Å². The van der Waals surface area contributed by atoms with Crippen molar-refractivity contribution in [3.05, 3.63) is 16.6 Å². The fourth-order valence-electron chi connectivity index (χ4n) is 0.564. The Morgan fingerprint density at radius 2 is 2.64 bits per heavy atom. The van der Waals surface area contributed by atoms with Crippen LogP contribution in [0, 0.1) is 0 Å². The Kier molecular flexibility index (Phi) is 2.84. The number of esters is 1. The molecular weight excluding hydrogens is 186 g/mol. The van der Waals surface area contributed by atoms with Crippen LogP contribution in [0.25, 0.3) is 0 Å². The average molecular weight is 192 g/mol. The maximum Gasteiger partial charge on any atom is 0.330 e. The van der Waals surface area contributed by atoms with Crippen LogP contribution in [0.15, 0.2) is 11.6 Å². The minimum Gasteiger partial charge on any atom is -0.468 e. The molecule has 0 N–H and O–H groups in total. The monoisotopic (exact) mass is 191 g/mol. The third-order valence-corrected chi connectivity index (χ3v) is 2.43. The summed E-state index contributed by atoms with van der Waals surface area (Å²) >= 11 is 7.00. The fourth-order valence-corrected chi connectivity index (χ4v) is 1.46. The van der Waals surface area contributed by atoms with Crippen LogP contribution in [-0.4, -0.2) is 18.1 Å². The van der Waals surface area contributed by atoms with Crippen LogP contribution >= 0.6 is 22.9 Å². The highest BCUT2D eigenvalue weighted by atomic mass is 35.5. The molecule has 0 aromatic carbocycles. The minimum absolute atomic E-state index is 0.471. The zero-order valence-corrected chi connectivity index (χ0v) is 7.35. The molecular formula is C6H6ClNO2S. The largest absolute Gasteiger partial charge is 0.468 e. The molecule has 0 aliphatic heterocycles. The lowest BCUT2D eigenvalue weighted by molar-refractivity contribution is -0.140. The first-order valence-corrected chi connectivity index (χ1v) is 4.18. The van der Waals surface area contributed by atoms with E-state index in [4.69, 9.17) is 11.6 Å². The predicted octanol–water partition coefficient (Wildman–Crippen LogP) is 1.60. The number of methoxy groups -OCH3 is 1. The molecule has 0 radical (unpaired) electrons. The summed E-state index contributed by atoms with van der Waals surface area (Å²) in [6.07, 6.45) is 1.60. The van der Waals surface area contributed by atoms with Crippen LogP contribution in [-0.2, 0) is 9.53 Å². The first-order chi connectivity index (χ1) is 5.25. The van der Waals surface area contributed by atoms with Crippen LogP contribution in [0.1, 0.15) is 10.4 Å². The molecule has 0 aliphatic carbocycles. The van der Waals surface area contributed by atoms with E-state index in [0.717, 1.165) is 0 Å². The van der Waals surface area contributed by atoms with Crippen molar-refractivity contribution >= 4 is 28.9 Å². The SMILES string of the molecule is COC(=O)C(Cl)c1nccs1. The van der Waals surface area contributed by atoms with E-state index >= 15 is 0 Å². The molecule has 0 aliphatic rings. The zero-order chi connectivity index (χ0) is 8.27. The minimum atomic E-state index is -0.764. The highest BCUT2D eigenvalue weighted by molar-refractivity contribution is 7.10. The van der Waals surface area contributed by atoms with Gasteiger partial charge in [0.15, 0.2) is 5.38 Å². The van der Waals surface area contributed by atoms with Crippen molar-refractivity contribution < 1.29 is 9.53 Å². The summed E-state index contributed by atoms with van der Waals surface area (Å²) in [5.74, 6) is -0.471. The van der Waals surface area contributed by atoms with Gasteiger partial charge in [-0.2, -0.15) is 0 Å². The van der Waals surface area contributed by atoms with Gasteiger partial charge in [-0.3, -0.25) is 4.79 Å².